The van der Waals surface area contributed by atoms with Crippen LogP contribution in [0.3, 0.4) is 0 Å². The van der Waals surface area contributed by atoms with Crippen molar-refractivity contribution >= 4 is 11.6 Å². The molecule has 1 aliphatic carbocycles. The lowest BCUT2D eigenvalue weighted by Gasteiger charge is -2.29. The molecular weight excluding hydrogens is 298 g/mol. The summed E-state index contributed by atoms with van der Waals surface area (Å²) in [6.45, 7) is 6.58. The average molecular weight is 327 g/mol. The van der Waals surface area contributed by atoms with Gasteiger partial charge in [0.05, 0.1) is 6.04 Å². The van der Waals surface area contributed by atoms with Crippen molar-refractivity contribution in [3.63, 3.8) is 0 Å². The molecule has 2 fully saturated rings. The first-order valence-corrected chi connectivity index (χ1v) is 9.61. The molecule has 2 atom stereocenters. The van der Waals surface area contributed by atoms with Gasteiger partial charge in [0.25, 0.3) is 0 Å². The van der Waals surface area contributed by atoms with Crippen molar-refractivity contribution in [2.24, 2.45) is 0 Å². The smallest absolute Gasteiger partial charge is 0.241 e. The Kier molecular flexibility index (Phi) is 4.59. The molecule has 0 aromatic heterocycles. The highest BCUT2D eigenvalue weighted by Gasteiger charge is 2.32. The zero-order valence-corrected chi connectivity index (χ0v) is 14.8. The maximum absolute atomic E-state index is 12.7. The largest absolute Gasteiger partial charge is 0.325 e. The number of hydrogen-bond acceptors (Lipinski definition) is 3. The number of nitrogens with zero attached hydrogens (tertiary/aromatic N) is 2. The van der Waals surface area contributed by atoms with Crippen LogP contribution in [0.2, 0.25) is 0 Å². The standard InChI is InChI=1S/C20H29N3O/c1-15(23-12-4-11-22-10-3-7-19(22)14-23)20(24)21-18-9-8-16-5-2-6-17(16)13-18/h8-9,13,15,19H,2-7,10-12,14H2,1H3,(H,21,24). The Morgan fingerprint density at radius 2 is 1.96 bits per heavy atom. The molecular formula is C20H29N3O. The highest BCUT2D eigenvalue weighted by molar-refractivity contribution is 5.94. The average Bonchev–Trinajstić information content (AvgIpc) is 3.18. The lowest BCUT2D eigenvalue weighted by atomic mass is 10.1. The SMILES string of the molecule is CC(C(=O)Nc1ccc2c(c1)CCC2)N1CCCN2CCCC2C1. The van der Waals surface area contributed by atoms with Gasteiger partial charge in [-0.25, -0.2) is 0 Å². The molecule has 3 aliphatic rings. The molecule has 4 rings (SSSR count). The van der Waals surface area contributed by atoms with Crippen molar-refractivity contribution in [3.8, 4) is 0 Å². The Hall–Kier alpha value is -1.39. The first-order chi connectivity index (χ1) is 11.7. The van der Waals surface area contributed by atoms with Crippen molar-refractivity contribution in [1.29, 1.82) is 0 Å². The lowest BCUT2D eigenvalue weighted by Crippen LogP contribution is -2.46. The van der Waals surface area contributed by atoms with Crippen LogP contribution in [0, 0.1) is 0 Å². The number of carbonyl (C=O) groups excluding carboxylic acids is 1. The molecule has 4 nitrogen and oxygen atoms in total. The number of fused-ring (bicyclic) bond motifs is 2. The van der Waals surface area contributed by atoms with E-state index >= 15 is 0 Å². The molecule has 0 bridgehead atoms. The van der Waals surface area contributed by atoms with Gasteiger partial charge in [0, 0.05) is 24.8 Å². The molecule has 4 heteroatoms. The lowest BCUT2D eigenvalue weighted by molar-refractivity contribution is -0.120. The highest BCUT2D eigenvalue weighted by atomic mass is 16.2. The van der Waals surface area contributed by atoms with Crippen molar-refractivity contribution < 1.29 is 4.79 Å². The maximum Gasteiger partial charge on any atom is 0.241 e. The minimum absolute atomic E-state index is 0.0567. The molecule has 2 saturated heterocycles. The van der Waals surface area contributed by atoms with Gasteiger partial charge in [-0.05, 0) is 81.8 Å². The molecule has 0 spiro atoms. The number of rotatable bonds is 3. The van der Waals surface area contributed by atoms with Gasteiger partial charge < -0.3 is 5.32 Å². The van der Waals surface area contributed by atoms with Crippen molar-refractivity contribution in [2.45, 2.75) is 57.5 Å². The van der Waals surface area contributed by atoms with Gasteiger partial charge in [0.2, 0.25) is 5.91 Å². The van der Waals surface area contributed by atoms with Gasteiger partial charge in [-0.3, -0.25) is 14.6 Å². The maximum atomic E-state index is 12.7. The van der Waals surface area contributed by atoms with E-state index in [1.165, 1.54) is 56.3 Å². The number of nitrogens with one attached hydrogen (secondary N) is 1. The Morgan fingerprint density at radius 1 is 1.12 bits per heavy atom. The summed E-state index contributed by atoms with van der Waals surface area (Å²) in [6.07, 6.45) is 7.36. The quantitative estimate of drug-likeness (QED) is 0.927. The third-order valence-corrected chi connectivity index (χ3v) is 6.13. The van der Waals surface area contributed by atoms with Crippen LogP contribution in [0.15, 0.2) is 18.2 Å². The monoisotopic (exact) mass is 327 g/mol. The Bertz CT molecular complexity index is 615. The van der Waals surface area contributed by atoms with Crippen LogP contribution in [-0.2, 0) is 17.6 Å². The van der Waals surface area contributed by atoms with Crippen molar-refractivity contribution in [3.05, 3.63) is 29.3 Å². The van der Waals surface area contributed by atoms with Crippen LogP contribution in [0.1, 0.15) is 43.7 Å². The fourth-order valence-electron chi connectivity index (χ4n) is 4.65. The Morgan fingerprint density at radius 3 is 2.88 bits per heavy atom. The Labute approximate surface area is 145 Å². The molecule has 2 aliphatic heterocycles. The number of amides is 1. The molecule has 1 aromatic carbocycles. The number of aryl methyl sites for hydroxylation is 2. The number of hydrogen-bond donors (Lipinski definition) is 1. The van der Waals surface area contributed by atoms with E-state index in [1.807, 2.05) is 0 Å². The summed E-state index contributed by atoms with van der Waals surface area (Å²) in [7, 11) is 0. The summed E-state index contributed by atoms with van der Waals surface area (Å²) < 4.78 is 0. The van der Waals surface area contributed by atoms with E-state index in [0.717, 1.165) is 25.2 Å². The van der Waals surface area contributed by atoms with Crippen molar-refractivity contribution in [2.75, 3.05) is 31.5 Å². The molecule has 2 heterocycles. The molecule has 0 saturated carbocycles. The summed E-state index contributed by atoms with van der Waals surface area (Å²) in [4.78, 5) is 17.8. The third kappa shape index (κ3) is 3.22. The summed E-state index contributed by atoms with van der Waals surface area (Å²) in [5.41, 5.74) is 3.83. The van der Waals surface area contributed by atoms with E-state index in [9.17, 15) is 4.79 Å². The summed E-state index contributed by atoms with van der Waals surface area (Å²) in [5.74, 6) is 0.138. The van der Waals surface area contributed by atoms with Crippen molar-refractivity contribution in [1.82, 2.24) is 9.80 Å². The molecule has 0 radical (unpaired) electrons. The van der Waals surface area contributed by atoms with Gasteiger partial charge in [-0.15, -0.1) is 0 Å². The minimum Gasteiger partial charge on any atom is -0.325 e. The second-order valence-electron chi connectivity index (χ2n) is 7.68. The number of anilines is 1. The van der Waals surface area contributed by atoms with Gasteiger partial charge in [0.15, 0.2) is 0 Å². The third-order valence-electron chi connectivity index (χ3n) is 6.13. The van der Waals surface area contributed by atoms with E-state index in [1.54, 1.807) is 0 Å². The zero-order chi connectivity index (χ0) is 16.5. The van der Waals surface area contributed by atoms with Gasteiger partial charge >= 0.3 is 0 Å². The van der Waals surface area contributed by atoms with Gasteiger partial charge in [-0.1, -0.05) is 6.07 Å². The predicted octanol–water partition coefficient (Wildman–Crippen LogP) is 2.67. The predicted molar refractivity (Wildman–Crippen MR) is 97.3 cm³/mol. The molecule has 2 unspecified atom stereocenters. The second kappa shape index (κ2) is 6.85. The topological polar surface area (TPSA) is 35.6 Å². The summed E-state index contributed by atoms with van der Waals surface area (Å²) in [6, 6.07) is 7.02. The van der Waals surface area contributed by atoms with Crippen LogP contribution in [0.25, 0.3) is 0 Å². The van der Waals surface area contributed by atoms with Crippen LogP contribution in [0.5, 0.6) is 0 Å². The number of benzene rings is 1. The highest BCUT2D eigenvalue weighted by Crippen LogP contribution is 2.26. The fraction of sp³-hybridized carbons (Fsp3) is 0.650. The van der Waals surface area contributed by atoms with Gasteiger partial charge in [-0.2, -0.15) is 0 Å². The normalized spacial score (nSPS) is 25.8. The fourth-order valence-corrected chi connectivity index (χ4v) is 4.65. The molecule has 130 valence electrons. The zero-order valence-electron chi connectivity index (χ0n) is 14.8. The summed E-state index contributed by atoms with van der Waals surface area (Å²) >= 11 is 0. The van der Waals surface area contributed by atoms with E-state index < -0.39 is 0 Å². The molecule has 24 heavy (non-hydrogen) atoms. The van der Waals surface area contributed by atoms with Crippen LogP contribution in [-0.4, -0.2) is 54.0 Å². The Balaban J connectivity index is 1.40. The van der Waals surface area contributed by atoms with E-state index in [-0.39, 0.29) is 11.9 Å². The van der Waals surface area contributed by atoms with Crippen LogP contribution in [0.4, 0.5) is 5.69 Å². The first-order valence-electron chi connectivity index (χ1n) is 9.61. The minimum atomic E-state index is -0.0567. The molecule has 1 N–H and O–H groups in total. The molecule has 1 amide bonds. The second-order valence-corrected chi connectivity index (χ2v) is 7.68. The van der Waals surface area contributed by atoms with Crippen LogP contribution >= 0.6 is 0 Å². The van der Waals surface area contributed by atoms with Gasteiger partial charge in [0.1, 0.15) is 0 Å². The molecule has 1 aromatic rings. The van der Waals surface area contributed by atoms with E-state index in [2.05, 4.69) is 40.2 Å². The first kappa shape index (κ1) is 16.1. The van der Waals surface area contributed by atoms with E-state index in [0.29, 0.717) is 6.04 Å². The van der Waals surface area contributed by atoms with E-state index in [4.69, 9.17) is 0 Å². The van der Waals surface area contributed by atoms with Crippen LogP contribution < -0.4 is 5.32 Å². The number of carbonyl (C=O) groups is 1. The summed E-state index contributed by atoms with van der Waals surface area (Å²) in [5, 5.41) is 3.15.